The number of rotatable bonds is 7. The predicted molar refractivity (Wildman–Crippen MR) is 83.1 cm³/mol. The average Bonchev–Trinajstić information content (AvgIpc) is 2.46. The molecule has 2 N–H and O–H groups in total. The molecular formula is C16H30N2O3. The van der Waals surface area contributed by atoms with Crippen molar-refractivity contribution >= 4 is 11.9 Å². The molecule has 0 aromatic carbocycles. The van der Waals surface area contributed by atoms with E-state index in [1.807, 2.05) is 6.92 Å². The van der Waals surface area contributed by atoms with Crippen molar-refractivity contribution in [1.29, 1.82) is 0 Å². The summed E-state index contributed by atoms with van der Waals surface area (Å²) < 4.78 is 0. The normalized spacial score (nSPS) is 21.8. The van der Waals surface area contributed by atoms with Crippen LogP contribution in [0.15, 0.2) is 0 Å². The Morgan fingerprint density at radius 3 is 2.67 bits per heavy atom. The minimum absolute atomic E-state index is 0.0530. The highest BCUT2D eigenvalue weighted by Crippen LogP contribution is 2.34. The van der Waals surface area contributed by atoms with Gasteiger partial charge in [0, 0.05) is 13.1 Å². The first kappa shape index (κ1) is 18.0. The van der Waals surface area contributed by atoms with Gasteiger partial charge in [-0.1, -0.05) is 13.3 Å². The molecule has 1 heterocycles. The van der Waals surface area contributed by atoms with Crippen molar-refractivity contribution in [2.24, 2.45) is 11.3 Å². The highest BCUT2D eigenvalue weighted by atomic mass is 16.4. The number of aliphatic carboxylic acids is 1. The van der Waals surface area contributed by atoms with Crippen LogP contribution >= 0.6 is 0 Å². The first-order valence-electron chi connectivity index (χ1n) is 8.05. The van der Waals surface area contributed by atoms with E-state index in [0.29, 0.717) is 6.54 Å². The Labute approximate surface area is 128 Å². The van der Waals surface area contributed by atoms with Crippen LogP contribution in [0.5, 0.6) is 0 Å². The number of hydrogen-bond acceptors (Lipinski definition) is 3. The maximum Gasteiger partial charge on any atom is 0.309 e. The van der Waals surface area contributed by atoms with Crippen molar-refractivity contribution in [2.45, 2.75) is 59.4 Å². The summed E-state index contributed by atoms with van der Waals surface area (Å²) in [5.41, 5.74) is -0.739. The first-order valence-corrected chi connectivity index (χ1v) is 8.05. The van der Waals surface area contributed by atoms with E-state index < -0.39 is 11.4 Å². The summed E-state index contributed by atoms with van der Waals surface area (Å²) in [6, 6.07) is -0.186. The Morgan fingerprint density at radius 1 is 1.43 bits per heavy atom. The van der Waals surface area contributed by atoms with Gasteiger partial charge in [-0.3, -0.25) is 14.5 Å². The van der Waals surface area contributed by atoms with E-state index in [9.17, 15) is 14.7 Å². The molecule has 0 bridgehead atoms. The van der Waals surface area contributed by atoms with E-state index in [1.165, 1.54) is 0 Å². The van der Waals surface area contributed by atoms with Crippen LogP contribution in [-0.2, 0) is 9.59 Å². The molecular weight excluding hydrogens is 268 g/mol. The molecule has 5 heteroatoms. The second-order valence-electron chi connectivity index (χ2n) is 6.68. The van der Waals surface area contributed by atoms with Gasteiger partial charge in [-0.05, 0) is 52.5 Å². The van der Waals surface area contributed by atoms with Gasteiger partial charge in [-0.15, -0.1) is 0 Å². The minimum Gasteiger partial charge on any atom is -0.481 e. The van der Waals surface area contributed by atoms with Crippen LogP contribution in [0.25, 0.3) is 0 Å². The lowest BCUT2D eigenvalue weighted by atomic mass is 9.74. The van der Waals surface area contributed by atoms with Crippen LogP contribution in [0.2, 0.25) is 0 Å². The quantitative estimate of drug-likeness (QED) is 0.706. The standard InChI is InChI=1S/C16H30N2O3/c1-5-6-9-17-14(19)12(2)18-10-7-8-13(11-18)16(3,4)15(20)21/h12-13H,5-11H2,1-4H3,(H,17,19)(H,20,21). The van der Waals surface area contributed by atoms with Crippen LogP contribution in [-0.4, -0.2) is 47.6 Å². The van der Waals surface area contributed by atoms with Crippen molar-refractivity contribution in [2.75, 3.05) is 19.6 Å². The summed E-state index contributed by atoms with van der Waals surface area (Å²) >= 11 is 0. The molecule has 122 valence electrons. The molecule has 0 aliphatic carbocycles. The van der Waals surface area contributed by atoms with Gasteiger partial charge < -0.3 is 10.4 Å². The monoisotopic (exact) mass is 298 g/mol. The summed E-state index contributed by atoms with van der Waals surface area (Å²) in [6.45, 7) is 9.86. The Hall–Kier alpha value is -1.10. The maximum atomic E-state index is 12.1. The first-order chi connectivity index (χ1) is 9.80. The molecule has 5 nitrogen and oxygen atoms in total. The van der Waals surface area contributed by atoms with Crippen molar-refractivity contribution in [3.05, 3.63) is 0 Å². The van der Waals surface area contributed by atoms with Crippen LogP contribution < -0.4 is 5.32 Å². The molecule has 0 aromatic rings. The molecule has 1 aliphatic rings. The molecule has 2 unspecified atom stereocenters. The third-order valence-electron chi connectivity index (χ3n) is 4.78. The smallest absolute Gasteiger partial charge is 0.309 e. The van der Waals surface area contributed by atoms with Gasteiger partial charge >= 0.3 is 5.97 Å². The number of carboxylic acids is 1. The second kappa shape index (κ2) is 7.78. The molecule has 1 rings (SSSR count). The van der Waals surface area contributed by atoms with Gasteiger partial charge in [0.15, 0.2) is 0 Å². The topological polar surface area (TPSA) is 69.6 Å². The Balaban J connectivity index is 2.59. The molecule has 2 atom stereocenters. The van der Waals surface area contributed by atoms with E-state index in [4.69, 9.17) is 0 Å². The number of piperidine rings is 1. The number of carbonyl (C=O) groups excluding carboxylic acids is 1. The van der Waals surface area contributed by atoms with E-state index in [1.54, 1.807) is 13.8 Å². The van der Waals surface area contributed by atoms with Gasteiger partial charge in [-0.25, -0.2) is 0 Å². The fourth-order valence-corrected chi connectivity index (χ4v) is 2.82. The van der Waals surface area contributed by atoms with Gasteiger partial charge in [0.1, 0.15) is 0 Å². The summed E-state index contributed by atoms with van der Waals surface area (Å²) in [4.78, 5) is 25.7. The summed E-state index contributed by atoms with van der Waals surface area (Å²) in [5, 5.41) is 12.3. The minimum atomic E-state index is -0.755. The third kappa shape index (κ3) is 4.70. The van der Waals surface area contributed by atoms with Crippen molar-refractivity contribution in [3.8, 4) is 0 Å². The van der Waals surface area contributed by atoms with Gasteiger partial charge in [0.05, 0.1) is 11.5 Å². The van der Waals surface area contributed by atoms with E-state index in [-0.39, 0.29) is 17.9 Å². The Bertz CT molecular complexity index is 369. The number of hydrogen-bond donors (Lipinski definition) is 2. The number of carbonyl (C=O) groups is 2. The fourth-order valence-electron chi connectivity index (χ4n) is 2.82. The zero-order chi connectivity index (χ0) is 16.0. The van der Waals surface area contributed by atoms with E-state index >= 15 is 0 Å². The van der Waals surface area contributed by atoms with Crippen molar-refractivity contribution in [1.82, 2.24) is 10.2 Å². The summed E-state index contributed by atoms with van der Waals surface area (Å²) in [5.74, 6) is -0.610. The van der Waals surface area contributed by atoms with Crippen molar-refractivity contribution < 1.29 is 14.7 Å². The third-order valence-corrected chi connectivity index (χ3v) is 4.78. The number of amides is 1. The number of likely N-dealkylation sites (tertiary alicyclic amines) is 1. The van der Waals surface area contributed by atoms with E-state index in [2.05, 4.69) is 17.1 Å². The molecule has 1 saturated heterocycles. The molecule has 0 saturated carbocycles. The van der Waals surface area contributed by atoms with Crippen LogP contribution in [0.3, 0.4) is 0 Å². The molecule has 0 radical (unpaired) electrons. The number of nitrogens with zero attached hydrogens (tertiary/aromatic N) is 1. The van der Waals surface area contributed by atoms with Gasteiger partial charge in [-0.2, -0.15) is 0 Å². The highest BCUT2D eigenvalue weighted by molar-refractivity contribution is 5.81. The molecule has 1 fully saturated rings. The lowest BCUT2D eigenvalue weighted by Crippen LogP contribution is -2.52. The summed E-state index contributed by atoms with van der Waals surface area (Å²) in [6.07, 6.45) is 3.92. The largest absolute Gasteiger partial charge is 0.481 e. The predicted octanol–water partition coefficient (Wildman–Crippen LogP) is 2.11. The van der Waals surface area contributed by atoms with Crippen molar-refractivity contribution in [3.63, 3.8) is 0 Å². The average molecular weight is 298 g/mol. The number of unbranched alkanes of at least 4 members (excludes halogenated alkanes) is 1. The maximum absolute atomic E-state index is 12.1. The zero-order valence-corrected chi connectivity index (χ0v) is 13.8. The number of carboxylic acid groups (broad SMARTS) is 1. The summed E-state index contributed by atoms with van der Waals surface area (Å²) in [7, 11) is 0. The van der Waals surface area contributed by atoms with Crippen LogP contribution in [0.4, 0.5) is 0 Å². The fraction of sp³-hybridized carbons (Fsp3) is 0.875. The van der Waals surface area contributed by atoms with E-state index in [0.717, 1.165) is 38.8 Å². The van der Waals surface area contributed by atoms with Gasteiger partial charge in [0.2, 0.25) is 5.91 Å². The van der Waals surface area contributed by atoms with Crippen LogP contribution in [0, 0.1) is 11.3 Å². The lowest BCUT2D eigenvalue weighted by Gasteiger charge is -2.41. The molecule has 1 aliphatic heterocycles. The Morgan fingerprint density at radius 2 is 2.10 bits per heavy atom. The molecule has 0 aromatic heterocycles. The Kier molecular flexibility index (Phi) is 6.65. The number of nitrogens with one attached hydrogen (secondary N) is 1. The zero-order valence-electron chi connectivity index (χ0n) is 13.8. The lowest BCUT2D eigenvalue weighted by molar-refractivity contribution is -0.151. The van der Waals surface area contributed by atoms with Gasteiger partial charge in [0.25, 0.3) is 0 Å². The second-order valence-corrected chi connectivity index (χ2v) is 6.68. The molecule has 1 amide bonds. The molecule has 0 spiro atoms. The SMILES string of the molecule is CCCCNC(=O)C(C)N1CCCC(C(C)(C)C(=O)O)C1. The van der Waals surface area contributed by atoms with Crippen LogP contribution in [0.1, 0.15) is 53.4 Å². The highest BCUT2D eigenvalue weighted by Gasteiger charge is 2.40. The molecule has 21 heavy (non-hydrogen) atoms.